The molecule has 0 saturated carbocycles. The molecule has 7 nitrogen and oxygen atoms in total. The molecular formula is C22H23FN6O. The molecule has 1 aromatic heterocycles. The molecule has 0 unspecified atom stereocenters. The quantitative estimate of drug-likeness (QED) is 0.538. The van der Waals surface area contributed by atoms with Crippen molar-refractivity contribution in [1.29, 1.82) is 5.41 Å². The summed E-state index contributed by atoms with van der Waals surface area (Å²) >= 11 is 0. The number of ether oxygens (including phenoxy) is 1. The van der Waals surface area contributed by atoms with Gasteiger partial charge in [-0.2, -0.15) is 4.98 Å². The number of nitrogens with zero attached hydrogens (tertiary/aromatic N) is 3. The molecule has 1 aliphatic heterocycles. The van der Waals surface area contributed by atoms with Crippen LogP contribution in [0.5, 0.6) is 0 Å². The highest BCUT2D eigenvalue weighted by Gasteiger charge is 2.17. The van der Waals surface area contributed by atoms with Crippen molar-refractivity contribution in [1.82, 2.24) is 9.97 Å². The van der Waals surface area contributed by atoms with E-state index in [2.05, 4.69) is 20.6 Å². The maximum atomic E-state index is 14.4. The Bertz CT molecular complexity index is 1050. The number of halogens is 1. The number of rotatable bonds is 6. The van der Waals surface area contributed by atoms with Gasteiger partial charge in [-0.25, -0.2) is 9.37 Å². The molecule has 3 N–H and O–H groups in total. The van der Waals surface area contributed by atoms with Crippen LogP contribution in [0.2, 0.25) is 0 Å². The van der Waals surface area contributed by atoms with E-state index in [1.54, 1.807) is 24.3 Å². The van der Waals surface area contributed by atoms with Crippen LogP contribution in [-0.2, 0) is 4.74 Å². The van der Waals surface area contributed by atoms with Gasteiger partial charge in [-0.05, 0) is 30.3 Å². The van der Waals surface area contributed by atoms with Crippen molar-refractivity contribution in [3.05, 3.63) is 59.9 Å². The molecule has 1 aliphatic rings. The van der Waals surface area contributed by atoms with Gasteiger partial charge in [-0.1, -0.05) is 12.1 Å². The third-order valence-corrected chi connectivity index (χ3v) is 4.91. The third kappa shape index (κ3) is 4.23. The minimum atomic E-state index is -0.334. The first-order valence-corrected chi connectivity index (χ1v) is 9.74. The Morgan fingerprint density at radius 1 is 1.10 bits per heavy atom. The molecule has 154 valence electrons. The van der Waals surface area contributed by atoms with E-state index in [1.165, 1.54) is 12.3 Å². The summed E-state index contributed by atoms with van der Waals surface area (Å²) in [6, 6.07) is 14.0. The number of hydrogen-bond donors (Lipinski definition) is 3. The smallest absolute Gasteiger partial charge is 0.228 e. The van der Waals surface area contributed by atoms with Crippen LogP contribution < -0.4 is 15.5 Å². The van der Waals surface area contributed by atoms with Crippen LogP contribution in [0.4, 0.5) is 27.5 Å². The van der Waals surface area contributed by atoms with Crippen LogP contribution in [0.15, 0.2) is 48.5 Å². The van der Waals surface area contributed by atoms with Crippen LogP contribution in [0.1, 0.15) is 5.56 Å². The molecule has 1 fully saturated rings. The maximum Gasteiger partial charge on any atom is 0.228 e. The topological polar surface area (TPSA) is 86.2 Å². The fourth-order valence-electron chi connectivity index (χ4n) is 3.35. The largest absolute Gasteiger partial charge is 0.388 e. The number of aromatic nitrogens is 2. The molecular weight excluding hydrogens is 383 g/mol. The van der Waals surface area contributed by atoms with Crippen LogP contribution in [0, 0.1) is 11.2 Å². The summed E-state index contributed by atoms with van der Waals surface area (Å²) in [7, 11) is 1.81. The standard InChI is InChI=1S/C22H23FN6O/c1-25-19-7-6-16(12-15(19)14-24)26-21-13-20(17-4-2-3-5-18(17)23)27-22(28-21)29-8-10-30-11-9-29/h2-7,12-14,24-25H,8-11H2,1H3,(H,26,27,28). The van der Waals surface area contributed by atoms with Crippen molar-refractivity contribution in [2.75, 3.05) is 48.9 Å². The van der Waals surface area contributed by atoms with Gasteiger partial charge in [0.1, 0.15) is 11.6 Å². The zero-order chi connectivity index (χ0) is 20.9. The lowest BCUT2D eigenvalue weighted by molar-refractivity contribution is 0.122. The van der Waals surface area contributed by atoms with E-state index in [0.717, 1.165) is 16.9 Å². The lowest BCUT2D eigenvalue weighted by Gasteiger charge is -2.27. The SMILES string of the molecule is CNc1ccc(Nc2cc(-c3ccccc3F)nc(N3CCOCC3)n2)cc1C=N. The molecule has 2 heterocycles. The predicted molar refractivity (Wildman–Crippen MR) is 118 cm³/mol. The Hall–Kier alpha value is -3.52. The van der Waals surface area contributed by atoms with Crippen LogP contribution in [0.25, 0.3) is 11.3 Å². The Balaban J connectivity index is 1.74. The Morgan fingerprint density at radius 3 is 2.63 bits per heavy atom. The molecule has 0 aliphatic carbocycles. The fraction of sp³-hybridized carbons (Fsp3) is 0.227. The van der Waals surface area contributed by atoms with Gasteiger partial charge >= 0.3 is 0 Å². The lowest BCUT2D eigenvalue weighted by Crippen LogP contribution is -2.37. The Labute approximate surface area is 174 Å². The highest BCUT2D eigenvalue weighted by atomic mass is 19.1. The molecule has 0 bridgehead atoms. The normalized spacial score (nSPS) is 13.7. The van der Waals surface area contributed by atoms with Crippen molar-refractivity contribution in [3.8, 4) is 11.3 Å². The summed E-state index contributed by atoms with van der Waals surface area (Å²) < 4.78 is 19.9. The minimum Gasteiger partial charge on any atom is -0.388 e. The minimum absolute atomic E-state index is 0.334. The van der Waals surface area contributed by atoms with E-state index in [4.69, 9.17) is 10.1 Å². The first-order chi connectivity index (χ1) is 14.7. The monoisotopic (exact) mass is 406 g/mol. The molecule has 3 aromatic rings. The average molecular weight is 406 g/mol. The van der Waals surface area contributed by atoms with E-state index >= 15 is 0 Å². The van der Waals surface area contributed by atoms with Gasteiger partial charge in [-0.15, -0.1) is 0 Å². The number of morpholine rings is 1. The van der Waals surface area contributed by atoms with Crippen molar-refractivity contribution in [3.63, 3.8) is 0 Å². The number of hydrogen-bond acceptors (Lipinski definition) is 7. The second kappa shape index (κ2) is 8.87. The van der Waals surface area contributed by atoms with E-state index in [-0.39, 0.29) is 5.82 Å². The Kier molecular flexibility index (Phi) is 5.85. The summed E-state index contributed by atoms with van der Waals surface area (Å²) in [6.07, 6.45) is 1.29. The molecule has 8 heteroatoms. The van der Waals surface area contributed by atoms with Gasteiger partial charge in [0.2, 0.25) is 5.95 Å². The van der Waals surface area contributed by atoms with Crippen LogP contribution >= 0.6 is 0 Å². The average Bonchev–Trinajstić information content (AvgIpc) is 2.79. The highest BCUT2D eigenvalue weighted by Crippen LogP contribution is 2.28. The first kappa shape index (κ1) is 19.8. The second-order valence-corrected chi connectivity index (χ2v) is 6.84. The summed E-state index contributed by atoms with van der Waals surface area (Å²) in [5.74, 6) is 0.748. The molecule has 1 saturated heterocycles. The van der Waals surface area contributed by atoms with Crippen LogP contribution in [-0.4, -0.2) is 49.5 Å². The van der Waals surface area contributed by atoms with E-state index in [0.29, 0.717) is 49.3 Å². The molecule has 0 spiro atoms. The zero-order valence-electron chi connectivity index (χ0n) is 16.7. The molecule has 0 radical (unpaired) electrons. The van der Waals surface area contributed by atoms with E-state index < -0.39 is 0 Å². The van der Waals surface area contributed by atoms with Gasteiger partial charge in [0.25, 0.3) is 0 Å². The highest BCUT2D eigenvalue weighted by molar-refractivity contribution is 5.88. The molecule has 0 atom stereocenters. The molecule has 4 rings (SSSR count). The van der Waals surface area contributed by atoms with Crippen molar-refractivity contribution in [2.24, 2.45) is 0 Å². The number of anilines is 4. The van der Waals surface area contributed by atoms with Gasteiger partial charge in [-0.3, -0.25) is 0 Å². The lowest BCUT2D eigenvalue weighted by atomic mass is 10.1. The van der Waals surface area contributed by atoms with Crippen molar-refractivity contribution < 1.29 is 9.13 Å². The van der Waals surface area contributed by atoms with Gasteiger partial charge in [0.05, 0.1) is 18.9 Å². The zero-order valence-corrected chi connectivity index (χ0v) is 16.7. The maximum absolute atomic E-state index is 14.4. The summed E-state index contributed by atoms with van der Waals surface area (Å²) in [4.78, 5) is 11.3. The summed E-state index contributed by atoms with van der Waals surface area (Å²) in [6.45, 7) is 2.55. The van der Waals surface area contributed by atoms with Crippen molar-refractivity contribution >= 4 is 29.4 Å². The molecule has 0 amide bonds. The predicted octanol–water partition coefficient (Wildman–Crippen LogP) is 3.90. The fourth-order valence-corrected chi connectivity index (χ4v) is 3.35. The summed E-state index contributed by atoms with van der Waals surface area (Å²) in [5.41, 5.74) is 3.31. The van der Waals surface area contributed by atoms with Gasteiger partial charge in [0, 0.05) is 54.9 Å². The number of nitrogens with one attached hydrogen (secondary N) is 3. The van der Waals surface area contributed by atoms with Gasteiger partial charge < -0.3 is 25.7 Å². The van der Waals surface area contributed by atoms with E-state index in [1.807, 2.05) is 30.1 Å². The van der Waals surface area contributed by atoms with Crippen molar-refractivity contribution in [2.45, 2.75) is 0 Å². The van der Waals surface area contributed by atoms with Crippen LogP contribution in [0.3, 0.4) is 0 Å². The molecule has 2 aromatic carbocycles. The van der Waals surface area contributed by atoms with E-state index in [9.17, 15) is 4.39 Å². The first-order valence-electron chi connectivity index (χ1n) is 9.74. The summed E-state index contributed by atoms with van der Waals surface area (Å²) in [5, 5.41) is 14.0. The second-order valence-electron chi connectivity index (χ2n) is 6.84. The number of benzene rings is 2. The molecule has 30 heavy (non-hydrogen) atoms. The Morgan fingerprint density at radius 2 is 1.90 bits per heavy atom. The van der Waals surface area contributed by atoms with Gasteiger partial charge in [0.15, 0.2) is 0 Å². The third-order valence-electron chi connectivity index (χ3n) is 4.91.